The van der Waals surface area contributed by atoms with Crippen LogP contribution in [0.5, 0.6) is 0 Å². The fourth-order valence-corrected chi connectivity index (χ4v) is 3.63. The van der Waals surface area contributed by atoms with E-state index >= 15 is 0 Å². The molecule has 0 bridgehead atoms. The Balaban J connectivity index is 2.08. The molecule has 0 saturated carbocycles. The van der Waals surface area contributed by atoms with E-state index in [4.69, 9.17) is 0 Å². The quantitative estimate of drug-likeness (QED) is 0.731. The second-order valence-corrected chi connectivity index (χ2v) is 5.85. The van der Waals surface area contributed by atoms with Crippen LogP contribution in [0, 0.1) is 0 Å². The lowest BCUT2D eigenvalue weighted by molar-refractivity contribution is -0.559. The van der Waals surface area contributed by atoms with Gasteiger partial charge in [0.05, 0.1) is 10.9 Å². The summed E-state index contributed by atoms with van der Waals surface area (Å²) < 4.78 is 2.92. The molecule has 2 aromatic heterocycles. The predicted molar refractivity (Wildman–Crippen MR) is 72.9 cm³/mol. The van der Waals surface area contributed by atoms with E-state index in [9.17, 15) is 4.79 Å². The van der Waals surface area contributed by atoms with Crippen molar-refractivity contribution in [2.24, 2.45) is 0 Å². The monoisotopic (exact) mass is 276 g/mol. The minimum absolute atomic E-state index is 0.0988. The number of fused-ring (bicyclic) bond motifs is 1. The minimum Gasteiger partial charge on any atom is -0.297 e. The van der Waals surface area contributed by atoms with Crippen LogP contribution in [0.2, 0.25) is 0 Å². The van der Waals surface area contributed by atoms with Crippen molar-refractivity contribution in [2.75, 3.05) is 5.32 Å². The number of aromatic nitrogens is 2. The molecule has 0 unspecified atom stereocenters. The summed E-state index contributed by atoms with van der Waals surface area (Å²) in [7, 11) is 0. The fourth-order valence-electron chi connectivity index (χ4n) is 1.66. The molecule has 90 valence electrons. The highest BCUT2D eigenvalue weighted by Gasteiger charge is 2.22. The standard InChI is InChI=1S/C12H9N3OS2/c1-8(16)13-11-14-15-10(7-17-12(15)18-11)9-5-3-2-4-6-9/h2-7H,1H3/p+1. The average Bonchev–Trinajstić information content (AvgIpc) is 2.88. The van der Waals surface area contributed by atoms with E-state index < -0.39 is 0 Å². The lowest BCUT2D eigenvalue weighted by Gasteiger charge is -1.90. The van der Waals surface area contributed by atoms with Crippen LogP contribution in [0.1, 0.15) is 6.92 Å². The van der Waals surface area contributed by atoms with Gasteiger partial charge in [-0.1, -0.05) is 29.5 Å². The molecular weight excluding hydrogens is 266 g/mol. The number of benzene rings is 1. The molecule has 1 aromatic carbocycles. The molecule has 0 atom stereocenters. The molecule has 3 rings (SSSR count). The van der Waals surface area contributed by atoms with Crippen molar-refractivity contribution in [3.63, 3.8) is 0 Å². The van der Waals surface area contributed by atoms with Crippen molar-refractivity contribution < 1.29 is 9.31 Å². The van der Waals surface area contributed by atoms with Gasteiger partial charge in [-0.3, -0.25) is 10.1 Å². The van der Waals surface area contributed by atoms with Crippen LogP contribution in [-0.4, -0.2) is 11.0 Å². The third kappa shape index (κ3) is 2.00. The molecule has 0 aliphatic carbocycles. The maximum absolute atomic E-state index is 11.0. The molecule has 2 heterocycles. The van der Waals surface area contributed by atoms with Gasteiger partial charge in [0.15, 0.2) is 0 Å². The minimum atomic E-state index is -0.0988. The predicted octanol–water partition coefficient (Wildman–Crippen LogP) is 2.57. The molecule has 0 fully saturated rings. The van der Waals surface area contributed by atoms with Crippen LogP contribution in [0.25, 0.3) is 15.4 Å². The summed E-state index contributed by atoms with van der Waals surface area (Å²) in [4.78, 5) is 11.0. The third-order valence-electron chi connectivity index (χ3n) is 2.40. The molecule has 0 aliphatic rings. The largest absolute Gasteiger partial charge is 0.354 e. The number of hydrogen-bond donors (Lipinski definition) is 1. The van der Waals surface area contributed by atoms with Gasteiger partial charge >= 0.3 is 4.14 Å². The van der Waals surface area contributed by atoms with E-state index in [1.54, 1.807) is 11.3 Å². The van der Waals surface area contributed by atoms with E-state index in [1.807, 2.05) is 34.8 Å². The molecule has 1 amide bonds. The number of hydrogen-bond acceptors (Lipinski definition) is 4. The molecule has 4 nitrogen and oxygen atoms in total. The number of nitrogens with zero attached hydrogens (tertiary/aromatic N) is 2. The van der Waals surface area contributed by atoms with Crippen molar-refractivity contribution in [2.45, 2.75) is 6.92 Å². The van der Waals surface area contributed by atoms with Crippen molar-refractivity contribution >= 4 is 37.9 Å². The Morgan fingerprint density at radius 1 is 1.33 bits per heavy atom. The van der Waals surface area contributed by atoms with E-state index in [0.717, 1.165) is 15.4 Å². The summed E-state index contributed by atoms with van der Waals surface area (Å²) in [6.45, 7) is 1.48. The van der Waals surface area contributed by atoms with Gasteiger partial charge in [0.2, 0.25) is 5.91 Å². The highest BCUT2D eigenvalue weighted by Crippen LogP contribution is 2.25. The van der Waals surface area contributed by atoms with Crippen LogP contribution in [0.15, 0.2) is 35.7 Å². The molecule has 3 aromatic rings. The summed E-state index contributed by atoms with van der Waals surface area (Å²) in [6.07, 6.45) is 0. The molecule has 6 heteroatoms. The van der Waals surface area contributed by atoms with Gasteiger partial charge in [0.1, 0.15) is 0 Å². The molecule has 0 saturated heterocycles. The molecule has 0 aliphatic heterocycles. The topological polar surface area (TPSA) is 46.1 Å². The molecule has 0 radical (unpaired) electrons. The first-order valence-electron chi connectivity index (χ1n) is 5.37. The highest BCUT2D eigenvalue weighted by molar-refractivity contribution is 7.36. The lowest BCUT2D eigenvalue weighted by atomic mass is 10.2. The maximum Gasteiger partial charge on any atom is 0.354 e. The van der Waals surface area contributed by atoms with E-state index in [0.29, 0.717) is 5.13 Å². The Kier molecular flexibility index (Phi) is 2.81. The van der Waals surface area contributed by atoms with Gasteiger partial charge in [-0.2, -0.15) is 0 Å². The van der Waals surface area contributed by atoms with Gasteiger partial charge in [-0.15, -0.1) is 0 Å². The number of rotatable bonds is 2. The molecule has 1 N–H and O–H groups in total. The van der Waals surface area contributed by atoms with E-state index in [-0.39, 0.29) is 5.91 Å². The van der Waals surface area contributed by atoms with Crippen LogP contribution < -0.4 is 9.83 Å². The van der Waals surface area contributed by atoms with Crippen LogP contribution in [-0.2, 0) is 4.79 Å². The Labute approximate surface area is 112 Å². The summed E-state index contributed by atoms with van der Waals surface area (Å²) in [6, 6.07) is 10.1. The number of nitrogens with one attached hydrogen (secondary N) is 1. The Morgan fingerprint density at radius 3 is 2.83 bits per heavy atom. The first-order chi connectivity index (χ1) is 8.74. The Bertz CT molecular complexity index is 703. The zero-order valence-electron chi connectivity index (χ0n) is 9.58. The maximum atomic E-state index is 11.0. The third-order valence-corrected chi connectivity index (χ3v) is 4.38. The van der Waals surface area contributed by atoms with E-state index in [2.05, 4.69) is 15.8 Å². The van der Waals surface area contributed by atoms with Gasteiger partial charge in [-0.05, 0) is 28.0 Å². The second kappa shape index (κ2) is 4.47. The number of amides is 1. The molecule has 0 spiro atoms. The Hall–Kier alpha value is -1.79. The smallest absolute Gasteiger partial charge is 0.297 e. The number of carbonyl (C=O) groups is 1. The second-order valence-electron chi connectivity index (χ2n) is 3.75. The zero-order valence-corrected chi connectivity index (χ0v) is 11.2. The van der Waals surface area contributed by atoms with Crippen LogP contribution in [0.4, 0.5) is 5.13 Å². The number of carbonyl (C=O) groups excluding carboxylic acids is 1. The summed E-state index contributed by atoms with van der Waals surface area (Å²) in [5, 5.41) is 9.82. The number of anilines is 1. The summed E-state index contributed by atoms with van der Waals surface area (Å²) >= 11 is 3.10. The zero-order chi connectivity index (χ0) is 12.5. The van der Waals surface area contributed by atoms with Crippen LogP contribution >= 0.6 is 22.7 Å². The van der Waals surface area contributed by atoms with E-state index in [1.165, 1.54) is 18.3 Å². The van der Waals surface area contributed by atoms with Gasteiger partial charge < -0.3 is 0 Å². The fraction of sp³-hybridized carbons (Fsp3) is 0.0833. The first kappa shape index (κ1) is 11.3. The Morgan fingerprint density at radius 2 is 2.11 bits per heavy atom. The van der Waals surface area contributed by atoms with Gasteiger partial charge in [-0.25, -0.2) is 0 Å². The van der Waals surface area contributed by atoms with Crippen molar-refractivity contribution in [1.82, 2.24) is 5.10 Å². The van der Waals surface area contributed by atoms with Crippen LogP contribution in [0.3, 0.4) is 0 Å². The molecular formula is C12H10N3OS2+. The normalized spacial score (nSPS) is 10.7. The van der Waals surface area contributed by atoms with Crippen molar-refractivity contribution in [1.29, 1.82) is 0 Å². The number of thiazole rings is 1. The summed E-state index contributed by atoms with van der Waals surface area (Å²) in [5.41, 5.74) is 2.16. The van der Waals surface area contributed by atoms with Crippen molar-refractivity contribution in [3.05, 3.63) is 35.7 Å². The van der Waals surface area contributed by atoms with Gasteiger partial charge in [0.25, 0.3) is 10.8 Å². The van der Waals surface area contributed by atoms with Gasteiger partial charge in [0, 0.05) is 12.0 Å². The molecule has 18 heavy (non-hydrogen) atoms. The SMILES string of the molecule is CC(=O)Nc1n[n+]2c(-c3ccccc3)csc2s1. The first-order valence-corrected chi connectivity index (χ1v) is 7.07. The summed E-state index contributed by atoms with van der Waals surface area (Å²) in [5.74, 6) is -0.0988. The lowest BCUT2D eigenvalue weighted by Crippen LogP contribution is -2.23. The average molecular weight is 276 g/mol. The highest BCUT2D eigenvalue weighted by atomic mass is 32.2. The van der Waals surface area contributed by atoms with Crippen molar-refractivity contribution in [3.8, 4) is 11.3 Å².